The monoisotopic (exact) mass is 338 g/mol. The first-order chi connectivity index (χ1) is 10.5. The number of hydrogen-bond acceptors (Lipinski definition) is 4. The van der Waals surface area contributed by atoms with E-state index in [0.29, 0.717) is 11.6 Å². The van der Waals surface area contributed by atoms with Gasteiger partial charge in [-0.15, -0.1) is 11.3 Å². The number of halogens is 1. The highest BCUT2D eigenvalue weighted by Gasteiger charge is 2.15. The van der Waals surface area contributed by atoms with Gasteiger partial charge in [-0.25, -0.2) is 4.98 Å². The van der Waals surface area contributed by atoms with Crippen molar-refractivity contribution in [2.45, 2.75) is 33.4 Å². The maximum atomic E-state index is 11.9. The largest absolute Gasteiger partial charge is 0.367 e. The molecule has 22 heavy (non-hydrogen) atoms. The first kappa shape index (κ1) is 16.9. The number of benzene rings is 1. The quantitative estimate of drug-likeness (QED) is 0.871. The summed E-state index contributed by atoms with van der Waals surface area (Å²) in [5.41, 5.74) is 1.84. The second-order valence-corrected chi connectivity index (χ2v) is 6.70. The van der Waals surface area contributed by atoms with Crippen molar-refractivity contribution in [3.05, 3.63) is 50.4 Å². The Bertz CT molecular complexity index is 657. The summed E-state index contributed by atoms with van der Waals surface area (Å²) in [5.74, 6) is -0.148. The van der Waals surface area contributed by atoms with Gasteiger partial charge in [0.1, 0.15) is 6.61 Å². The van der Waals surface area contributed by atoms with Gasteiger partial charge in [-0.3, -0.25) is 4.79 Å². The highest BCUT2D eigenvalue weighted by molar-refractivity contribution is 7.11. The predicted octanol–water partition coefficient (Wildman–Crippen LogP) is 3.81. The molecular weight excluding hydrogens is 320 g/mol. The lowest BCUT2D eigenvalue weighted by molar-refractivity contribution is -0.126. The summed E-state index contributed by atoms with van der Waals surface area (Å²) >= 11 is 7.64. The van der Waals surface area contributed by atoms with Gasteiger partial charge in [-0.05, 0) is 32.4 Å². The Hall–Kier alpha value is -1.43. The van der Waals surface area contributed by atoms with Crippen molar-refractivity contribution in [3.63, 3.8) is 0 Å². The van der Waals surface area contributed by atoms with Crippen molar-refractivity contribution in [1.29, 1.82) is 0 Å². The van der Waals surface area contributed by atoms with E-state index < -0.39 is 0 Å². The number of ether oxygens (including phenoxy) is 1. The van der Waals surface area contributed by atoms with Crippen LogP contribution in [0, 0.1) is 13.8 Å². The Labute approximate surface area is 139 Å². The van der Waals surface area contributed by atoms with E-state index in [1.54, 1.807) is 17.4 Å². The molecule has 0 saturated heterocycles. The summed E-state index contributed by atoms with van der Waals surface area (Å²) in [6.45, 7) is 6.19. The van der Waals surface area contributed by atoms with Crippen molar-refractivity contribution >= 4 is 28.8 Å². The van der Waals surface area contributed by atoms with Gasteiger partial charge >= 0.3 is 0 Å². The highest BCUT2D eigenvalue weighted by Crippen LogP contribution is 2.24. The third kappa shape index (κ3) is 4.53. The smallest absolute Gasteiger partial charge is 0.246 e. The van der Waals surface area contributed by atoms with E-state index in [9.17, 15) is 4.79 Å². The van der Waals surface area contributed by atoms with Crippen molar-refractivity contribution in [1.82, 2.24) is 10.3 Å². The molecule has 0 aliphatic heterocycles. The van der Waals surface area contributed by atoms with Crippen LogP contribution in [-0.4, -0.2) is 17.5 Å². The molecule has 0 spiro atoms. The summed E-state index contributed by atoms with van der Waals surface area (Å²) < 4.78 is 5.43. The van der Waals surface area contributed by atoms with Gasteiger partial charge in [0, 0.05) is 9.90 Å². The van der Waals surface area contributed by atoms with Crippen LogP contribution in [0.5, 0.6) is 0 Å². The molecule has 2 aromatic rings. The van der Waals surface area contributed by atoms with Crippen LogP contribution in [-0.2, 0) is 16.1 Å². The van der Waals surface area contributed by atoms with Crippen molar-refractivity contribution in [3.8, 4) is 0 Å². The molecule has 2 rings (SSSR count). The van der Waals surface area contributed by atoms with Gasteiger partial charge in [0.25, 0.3) is 0 Å². The fourth-order valence-electron chi connectivity index (χ4n) is 2.17. The summed E-state index contributed by atoms with van der Waals surface area (Å²) in [6, 6.07) is 7.37. The van der Waals surface area contributed by atoms with E-state index >= 15 is 0 Å². The lowest BCUT2D eigenvalue weighted by Gasteiger charge is -2.13. The Kier molecular flexibility index (Phi) is 5.94. The fourth-order valence-corrected chi connectivity index (χ4v) is 3.29. The molecule has 0 aliphatic carbocycles. The zero-order chi connectivity index (χ0) is 16.1. The summed E-state index contributed by atoms with van der Waals surface area (Å²) in [4.78, 5) is 17.4. The minimum Gasteiger partial charge on any atom is -0.367 e. The molecule has 0 unspecified atom stereocenters. The molecule has 0 fully saturated rings. The molecule has 1 aromatic heterocycles. The van der Waals surface area contributed by atoms with E-state index in [0.717, 1.165) is 21.1 Å². The van der Waals surface area contributed by atoms with Crippen LogP contribution in [0.4, 0.5) is 0 Å². The zero-order valence-corrected chi connectivity index (χ0v) is 14.4. The van der Waals surface area contributed by atoms with Gasteiger partial charge in [0.05, 0.1) is 23.4 Å². The molecule has 1 N–H and O–H groups in total. The maximum absolute atomic E-state index is 11.9. The number of carbonyl (C=O) groups excluding carboxylic acids is 1. The molecule has 1 amide bonds. The standard InChI is InChI=1S/C16H19ClN2O2S/c1-10-16(22-12(3)18-10)11(2)19-15(20)9-21-8-13-6-4-5-7-14(13)17/h4-7,11H,8-9H2,1-3H3,(H,19,20)/t11-/m1/s1. The Morgan fingerprint density at radius 2 is 2.14 bits per heavy atom. The third-order valence-electron chi connectivity index (χ3n) is 3.16. The molecule has 0 aliphatic rings. The molecule has 0 bridgehead atoms. The van der Waals surface area contributed by atoms with Gasteiger partial charge in [-0.1, -0.05) is 29.8 Å². The van der Waals surface area contributed by atoms with Gasteiger partial charge in [-0.2, -0.15) is 0 Å². The van der Waals surface area contributed by atoms with Crippen molar-refractivity contribution < 1.29 is 9.53 Å². The van der Waals surface area contributed by atoms with Crippen LogP contribution in [0.15, 0.2) is 24.3 Å². The number of hydrogen-bond donors (Lipinski definition) is 1. The molecule has 0 radical (unpaired) electrons. The molecule has 6 heteroatoms. The molecular formula is C16H19ClN2O2S. The van der Waals surface area contributed by atoms with E-state index in [1.165, 1.54) is 0 Å². The van der Waals surface area contributed by atoms with E-state index in [2.05, 4.69) is 10.3 Å². The first-order valence-electron chi connectivity index (χ1n) is 7.02. The summed E-state index contributed by atoms with van der Waals surface area (Å²) in [7, 11) is 0. The average Bonchev–Trinajstić information content (AvgIpc) is 2.80. The molecule has 1 atom stereocenters. The van der Waals surface area contributed by atoms with Gasteiger partial charge in [0.2, 0.25) is 5.91 Å². The van der Waals surface area contributed by atoms with Crippen LogP contribution < -0.4 is 5.32 Å². The normalized spacial score (nSPS) is 12.2. The van der Waals surface area contributed by atoms with Crippen LogP contribution in [0.3, 0.4) is 0 Å². The Morgan fingerprint density at radius 1 is 1.41 bits per heavy atom. The van der Waals surface area contributed by atoms with Crippen LogP contribution in [0.1, 0.15) is 34.1 Å². The second kappa shape index (κ2) is 7.72. The number of rotatable bonds is 6. The first-order valence-corrected chi connectivity index (χ1v) is 8.21. The average molecular weight is 339 g/mol. The minimum atomic E-state index is -0.148. The number of aryl methyl sites for hydroxylation is 2. The SMILES string of the molecule is Cc1nc(C)c([C@@H](C)NC(=O)COCc2ccccc2Cl)s1. The predicted molar refractivity (Wildman–Crippen MR) is 89.3 cm³/mol. The van der Waals surface area contributed by atoms with Gasteiger partial charge in [0.15, 0.2) is 0 Å². The topological polar surface area (TPSA) is 51.2 Å². The molecule has 1 aromatic carbocycles. The van der Waals surface area contributed by atoms with Crippen LogP contribution in [0.25, 0.3) is 0 Å². The van der Waals surface area contributed by atoms with E-state index in [-0.39, 0.29) is 18.6 Å². The third-order valence-corrected chi connectivity index (χ3v) is 4.78. The molecule has 4 nitrogen and oxygen atoms in total. The van der Waals surface area contributed by atoms with Crippen molar-refractivity contribution in [2.75, 3.05) is 6.61 Å². The number of carbonyl (C=O) groups is 1. The highest BCUT2D eigenvalue weighted by atomic mass is 35.5. The number of amides is 1. The number of nitrogens with zero attached hydrogens (tertiary/aromatic N) is 1. The van der Waals surface area contributed by atoms with Crippen LogP contribution in [0.2, 0.25) is 5.02 Å². The van der Waals surface area contributed by atoms with E-state index in [1.807, 2.05) is 39.0 Å². The lowest BCUT2D eigenvalue weighted by atomic mass is 10.2. The number of aromatic nitrogens is 1. The summed E-state index contributed by atoms with van der Waals surface area (Å²) in [5, 5.41) is 4.57. The Balaban J connectivity index is 1.81. The summed E-state index contributed by atoms with van der Waals surface area (Å²) in [6.07, 6.45) is 0. The molecule has 118 valence electrons. The molecule has 0 saturated carbocycles. The number of thiazole rings is 1. The van der Waals surface area contributed by atoms with E-state index in [4.69, 9.17) is 16.3 Å². The Morgan fingerprint density at radius 3 is 2.77 bits per heavy atom. The maximum Gasteiger partial charge on any atom is 0.246 e. The number of nitrogens with one attached hydrogen (secondary N) is 1. The second-order valence-electron chi connectivity index (χ2n) is 5.06. The van der Waals surface area contributed by atoms with Crippen LogP contribution >= 0.6 is 22.9 Å². The molecule has 1 heterocycles. The zero-order valence-electron chi connectivity index (χ0n) is 12.9. The fraction of sp³-hybridized carbons (Fsp3) is 0.375. The lowest BCUT2D eigenvalue weighted by Crippen LogP contribution is -2.30. The van der Waals surface area contributed by atoms with Gasteiger partial charge < -0.3 is 10.1 Å². The van der Waals surface area contributed by atoms with Crippen molar-refractivity contribution in [2.24, 2.45) is 0 Å². The minimum absolute atomic E-state index is 0.00635.